The summed E-state index contributed by atoms with van der Waals surface area (Å²) in [6.07, 6.45) is -1.03. The van der Waals surface area contributed by atoms with Crippen molar-refractivity contribution in [2.45, 2.75) is 13.0 Å². The van der Waals surface area contributed by atoms with Gasteiger partial charge in [0.1, 0.15) is 17.1 Å². The number of hydrogen-bond acceptors (Lipinski definition) is 6. The molecular weight excluding hydrogens is 336 g/mol. The van der Waals surface area contributed by atoms with Gasteiger partial charge >= 0.3 is 5.97 Å². The predicted octanol–water partition coefficient (Wildman–Crippen LogP) is 2.76. The van der Waals surface area contributed by atoms with Crippen molar-refractivity contribution in [1.29, 1.82) is 5.26 Å². The first-order valence-corrected chi connectivity index (χ1v) is 7.72. The lowest BCUT2D eigenvalue weighted by Crippen LogP contribution is -2.30. The number of nitrogens with zero attached hydrogens (tertiary/aromatic N) is 1. The second-order valence-electron chi connectivity index (χ2n) is 5.29. The topological polar surface area (TPSA) is 97.7 Å². The highest BCUT2D eigenvalue weighted by atomic mass is 16.5. The molecule has 1 atom stereocenters. The Hall–Kier alpha value is -3.53. The summed E-state index contributed by atoms with van der Waals surface area (Å²) in [7, 11) is 2.91. The Morgan fingerprint density at radius 1 is 1.08 bits per heavy atom. The molecule has 2 aromatic rings. The minimum atomic E-state index is -1.03. The summed E-state index contributed by atoms with van der Waals surface area (Å²) < 4.78 is 15.4. The van der Waals surface area contributed by atoms with Gasteiger partial charge in [0.25, 0.3) is 5.91 Å². The van der Waals surface area contributed by atoms with Crippen LogP contribution >= 0.6 is 0 Å². The van der Waals surface area contributed by atoms with Gasteiger partial charge in [0.15, 0.2) is 6.10 Å². The van der Waals surface area contributed by atoms with E-state index in [9.17, 15) is 9.59 Å². The van der Waals surface area contributed by atoms with E-state index in [0.717, 1.165) is 0 Å². The molecule has 1 amide bonds. The first-order valence-electron chi connectivity index (χ1n) is 7.72. The molecule has 0 fully saturated rings. The van der Waals surface area contributed by atoms with Crippen LogP contribution in [0.2, 0.25) is 0 Å². The van der Waals surface area contributed by atoms with Crippen LogP contribution in [0.4, 0.5) is 5.69 Å². The van der Waals surface area contributed by atoms with Crippen molar-refractivity contribution in [3.8, 4) is 17.6 Å². The Bertz CT molecular complexity index is 840. The van der Waals surface area contributed by atoms with Gasteiger partial charge < -0.3 is 19.5 Å². The fraction of sp³-hybridized carbons (Fsp3) is 0.211. The Morgan fingerprint density at radius 2 is 1.77 bits per heavy atom. The molecule has 2 aromatic carbocycles. The molecule has 0 unspecified atom stereocenters. The summed E-state index contributed by atoms with van der Waals surface area (Å²) in [5, 5.41) is 11.4. The second-order valence-corrected chi connectivity index (χ2v) is 5.29. The predicted molar refractivity (Wildman–Crippen MR) is 94.2 cm³/mol. The van der Waals surface area contributed by atoms with E-state index < -0.39 is 18.0 Å². The molecule has 26 heavy (non-hydrogen) atoms. The van der Waals surface area contributed by atoms with Gasteiger partial charge in [0.2, 0.25) is 0 Å². The summed E-state index contributed by atoms with van der Waals surface area (Å²) in [5.41, 5.74) is 1.13. The zero-order chi connectivity index (χ0) is 19.1. The number of methoxy groups -OCH3 is 2. The van der Waals surface area contributed by atoms with Crippen molar-refractivity contribution in [1.82, 2.24) is 0 Å². The first kappa shape index (κ1) is 18.8. The van der Waals surface area contributed by atoms with Gasteiger partial charge in [-0.2, -0.15) is 5.26 Å². The number of nitriles is 1. The molecule has 0 heterocycles. The third-order valence-corrected chi connectivity index (χ3v) is 3.56. The summed E-state index contributed by atoms with van der Waals surface area (Å²) in [6.45, 7) is 1.46. The Labute approximate surface area is 151 Å². The summed E-state index contributed by atoms with van der Waals surface area (Å²) >= 11 is 0. The van der Waals surface area contributed by atoms with E-state index in [-0.39, 0.29) is 5.56 Å². The van der Waals surface area contributed by atoms with E-state index in [1.54, 1.807) is 36.4 Å². The van der Waals surface area contributed by atoms with Crippen molar-refractivity contribution in [2.24, 2.45) is 0 Å². The van der Waals surface area contributed by atoms with E-state index in [1.807, 2.05) is 6.07 Å². The highest BCUT2D eigenvalue weighted by Crippen LogP contribution is 2.25. The molecule has 0 aliphatic heterocycles. The van der Waals surface area contributed by atoms with Gasteiger partial charge in [-0.3, -0.25) is 4.79 Å². The van der Waals surface area contributed by atoms with Crippen LogP contribution in [0.3, 0.4) is 0 Å². The van der Waals surface area contributed by atoms with Crippen LogP contribution in [-0.4, -0.2) is 32.2 Å². The van der Waals surface area contributed by atoms with Crippen molar-refractivity contribution in [3.05, 3.63) is 53.6 Å². The number of carbonyl (C=O) groups excluding carboxylic acids is 2. The molecule has 0 aromatic heterocycles. The molecule has 2 rings (SSSR count). The number of anilines is 1. The molecule has 0 aliphatic rings. The number of rotatable bonds is 6. The zero-order valence-corrected chi connectivity index (χ0v) is 14.6. The van der Waals surface area contributed by atoms with E-state index in [4.69, 9.17) is 19.5 Å². The molecule has 1 N–H and O–H groups in total. The van der Waals surface area contributed by atoms with E-state index in [2.05, 4.69) is 5.32 Å². The van der Waals surface area contributed by atoms with Crippen LogP contribution in [0.1, 0.15) is 22.8 Å². The average molecular weight is 354 g/mol. The molecule has 0 saturated heterocycles. The van der Waals surface area contributed by atoms with Crippen molar-refractivity contribution in [2.75, 3.05) is 19.5 Å². The van der Waals surface area contributed by atoms with Crippen LogP contribution in [0.5, 0.6) is 11.5 Å². The molecule has 0 saturated carbocycles. The molecule has 134 valence electrons. The Kier molecular flexibility index (Phi) is 6.17. The Balaban J connectivity index is 2.06. The average Bonchev–Trinajstić information content (AvgIpc) is 2.67. The highest BCUT2D eigenvalue weighted by molar-refractivity contribution is 5.98. The van der Waals surface area contributed by atoms with Crippen LogP contribution < -0.4 is 14.8 Å². The zero-order valence-electron chi connectivity index (χ0n) is 14.6. The maximum Gasteiger partial charge on any atom is 0.342 e. The third kappa shape index (κ3) is 4.51. The summed E-state index contributed by atoms with van der Waals surface area (Å²) in [5.74, 6) is -0.420. The number of carbonyl (C=O) groups is 2. The molecular formula is C19H18N2O5. The number of esters is 1. The number of nitrogens with one attached hydrogen (secondary N) is 1. The van der Waals surface area contributed by atoms with Gasteiger partial charge in [-0.05, 0) is 49.4 Å². The standard InChI is InChI=1S/C19H18N2O5/c1-12(18(22)21-14-6-4-13(11-20)5-7-14)26-19(23)16-10-15(24-2)8-9-17(16)25-3/h4-10,12H,1-3H3,(H,21,22)/t12-/m1/s1. The van der Waals surface area contributed by atoms with E-state index in [1.165, 1.54) is 27.2 Å². The molecule has 0 spiro atoms. The lowest BCUT2D eigenvalue weighted by molar-refractivity contribution is -0.123. The number of hydrogen-bond donors (Lipinski definition) is 1. The van der Waals surface area contributed by atoms with Crippen LogP contribution in [0.15, 0.2) is 42.5 Å². The van der Waals surface area contributed by atoms with Crippen molar-refractivity contribution in [3.63, 3.8) is 0 Å². The lowest BCUT2D eigenvalue weighted by atomic mass is 10.2. The lowest BCUT2D eigenvalue weighted by Gasteiger charge is -2.15. The van der Waals surface area contributed by atoms with Crippen molar-refractivity contribution >= 4 is 17.6 Å². The molecule has 0 aliphatic carbocycles. The summed E-state index contributed by atoms with van der Waals surface area (Å²) in [6, 6.07) is 13.0. The normalized spacial score (nSPS) is 11.0. The van der Waals surface area contributed by atoms with E-state index in [0.29, 0.717) is 22.7 Å². The fourth-order valence-corrected chi connectivity index (χ4v) is 2.12. The second kappa shape index (κ2) is 8.53. The van der Waals surface area contributed by atoms with Gasteiger partial charge in [-0.15, -0.1) is 0 Å². The molecule has 0 radical (unpaired) electrons. The molecule has 0 bridgehead atoms. The minimum Gasteiger partial charge on any atom is -0.497 e. The van der Waals surface area contributed by atoms with Gasteiger partial charge in [0, 0.05) is 5.69 Å². The van der Waals surface area contributed by atoms with Gasteiger partial charge in [-0.25, -0.2) is 4.79 Å². The minimum absolute atomic E-state index is 0.157. The maximum absolute atomic E-state index is 12.4. The molecule has 7 nitrogen and oxygen atoms in total. The smallest absolute Gasteiger partial charge is 0.342 e. The fourth-order valence-electron chi connectivity index (χ4n) is 2.12. The number of benzene rings is 2. The number of ether oxygens (including phenoxy) is 3. The quantitative estimate of drug-likeness (QED) is 0.801. The van der Waals surface area contributed by atoms with E-state index >= 15 is 0 Å². The van der Waals surface area contributed by atoms with Gasteiger partial charge in [0.05, 0.1) is 25.9 Å². The Morgan fingerprint density at radius 3 is 2.35 bits per heavy atom. The monoisotopic (exact) mass is 354 g/mol. The van der Waals surface area contributed by atoms with Crippen LogP contribution in [0.25, 0.3) is 0 Å². The summed E-state index contributed by atoms with van der Waals surface area (Å²) in [4.78, 5) is 24.6. The maximum atomic E-state index is 12.4. The third-order valence-electron chi connectivity index (χ3n) is 3.56. The molecule has 7 heteroatoms. The SMILES string of the molecule is COc1ccc(OC)c(C(=O)O[C@H](C)C(=O)Nc2ccc(C#N)cc2)c1. The van der Waals surface area contributed by atoms with Gasteiger partial charge in [-0.1, -0.05) is 0 Å². The number of amides is 1. The van der Waals surface area contributed by atoms with Crippen LogP contribution in [0, 0.1) is 11.3 Å². The van der Waals surface area contributed by atoms with Crippen molar-refractivity contribution < 1.29 is 23.8 Å². The largest absolute Gasteiger partial charge is 0.497 e. The van der Waals surface area contributed by atoms with Crippen LogP contribution in [-0.2, 0) is 9.53 Å². The highest BCUT2D eigenvalue weighted by Gasteiger charge is 2.22. The first-order chi connectivity index (χ1) is 12.5.